The molecule has 0 saturated heterocycles. The molecule has 3 nitrogen and oxygen atoms in total. The molecule has 0 bridgehead atoms. The molecule has 1 aromatic rings. The fraction of sp³-hybridized carbons (Fsp3) is 0.538. The van der Waals surface area contributed by atoms with Gasteiger partial charge in [-0.1, -0.05) is 26.3 Å². The first-order valence-electron chi connectivity index (χ1n) is 6.07. The van der Waals surface area contributed by atoms with Crippen LogP contribution in [-0.4, -0.2) is 13.2 Å². The van der Waals surface area contributed by atoms with Crippen LogP contribution in [0.1, 0.15) is 31.4 Å². The van der Waals surface area contributed by atoms with Gasteiger partial charge >= 0.3 is 0 Å². The maximum Gasteiger partial charge on any atom is 0.124 e. The van der Waals surface area contributed by atoms with Crippen LogP contribution in [0.15, 0.2) is 12.1 Å². The van der Waals surface area contributed by atoms with Gasteiger partial charge in [-0.05, 0) is 18.1 Å². The van der Waals surface area contributed by atoms with Crippen molar-refractivity contribution in [3.05, 3.63) is 23.3 Å². The monoisotopic (exact) mass is 220 g/mol. The lowest BCUT2D eigenvalue weighted by Gasteiger charge is -2.14. The van der Waals surface area contributed by atoms with E-state index >= 15 is 0 Å². The van der Waals surface area contributed by atoms with Crippen molar-refractivity contribution in [2.45, 2.75) is 33.1 Å². The number of benzene rings is 1. The molecule has 1 aromatic carbocycles. The maximum absolute atomic E-state index is 5.90. The second kappa shape index (κ2) is 4.74. The molecule has 2 aliphatic heterocycles. The Morgan fingerprint density at radius 1 is 1.31 bits per heavy atom. The van der Waals surface area contributed by atoms with Gasteiger partial charge < -0.3 is 9.75 Å². The molecule has 0 spiro atoms. The summed E-state index contributed by atoms with van der Waals surface area (Å²) in [6, 6.07) is 4.20. The number of rotatable bonds is 0. The molecule has 0 amide bonds. The Kier molecular flexibility index (Phi) is 3.34. The minimum absolute atomic E-state index is 0.805. The van der Waals surface area contributed by atoms with Crippen LogP contribution < -0.4 is 15.6 Å². The summed E-state index contributed by atoms with van der Waals surface area (Å²) in [7, 11) is 0. The van der Waals surface area contributed by atoms with Crippen LogP contribution in [0.25, 0.3) is 0 Å². The van der Waals surface area contributed by atoms with E-state index in [-0.39, 0.29) is 0 Å². The molecule has 0 atom stereocenters. The molecule has 0 fully saturated rings. The summed E-state index contributed by atoms with van der Waals surface area (Å²) < 4.78 is 5.49. The highest BCUT2D eigenvalue weighted by molar-refractivity contribution is 5.67. The second-order valence-corrected chi connectivity index (χ2v) is 4.30. The van der Waals surface area contributed by atoms with Crippen molar-refractivity contribution in [3.63, 3.8) is 0 Å². The maximum atomic E-state index is 5.90. The van der Waals surface area contributed by atoms with Crippen molar-refractivity contribution in [1.29, 1.82) is 0 Å². The van der Waals surface area contributed by atoms with E-state index in [1.807, 2.05) is 5.01 Å². The lowest BCUT2D eigenvalue weighted by Crippen LogP contribution is -2.28. The molecule has 88 valence electrons. The predicted octanol–water partition coefficient (Wildman–Crippen LogP) is 2.27. The second-order valence-electron chi connectivity index (χ2n) is 4.30. The third kappa shape index (κ3) is 1.87. The first-order valence-corrected chi connectivity index (χ1v) is 6.07. The van der Waals surface area contributed by atoms with Crippen molar-refractivity contribution >= 4 is 5.69 Å². The Morgan fingerprint density at radius 2 is 2.06 bits per heavy atom. The molecular formula is C13H20N2O. The summed E-state index contributed by atoms with van der Waals surface area (Å²) in [4.78, 5) is 0. The smallest absolute Gasteiger partial charge is 0.124 e. The van der Waals surface area contributed by atoms with Crippen LogP contribution in [0.5, 0.6) is 5.75 Å². The largest absolute Gasteiger partial charge is 0.493 e. The molecule has 16 heavy (non-hydrogen) atoms. The molecule has 2 aliphatic rings. The fourth-order valence-corrected chi connectivity index (χ4v) is 2.22. The Bertz CT molecular complexity index is 376. The van der Waals surface area contributed by atoms with Crippen molar-refractivity contribution in [1.82, 2.24) is 0 Å². The van der Waals surface area contributed by atoms with Crippen LogP contribution in [0.4, 0.5) is 5.69 Å². The van der Waals surface area contributed by atoms with E-state index in [0.29, 0.717) is 0 Å². The van der Waals surface area contributed by atoms with Crippen molar-refractivity contribution < 1.29 is 4.74 Å². The lowest BCUT2D eigenvalue weighted by molar-refractivity contribution is 0.357. The zero-order valence-electron chi connectivity index (χ0n) is 10.1. The fourth-order valence-electron chi connectivity index (χ4n) is 2.22. The van der Waals surface area contributed by atoms with E-state index in [9.17, 15) is 0 Å². The van der Waals surface area contributed by atoms with Crippen LogP contribution in [0.3, 0.4) is 0 Å². The average Bonchev–Trinajstić information content (AvgIpc) is 2.85. The van der Waals surface area contributed by atoms with Gasteiger partial charge in [0, 0.05) is 18.5 Å². The van der Waals surface area contributed by atoms with Gasteiger partial charge in [0.15, 0.2) is 0 Å². The van der Waals surface area contributed by atoms with Gasteiger partial charge in [0.2, 0.25) is 0 Å². The average molecular weight is 220 g/mol. The third-order valence-corrected chi connectivity index (χ3v) is 2.84. The number of hydrazine groups is 1. The van der Waals surface area contributed by atoms with E-state index in [0.717, 1.165) is 31.7 Å². The predicted molar refractivity (Wildman–Crippen MR) is 66.8 cm³/mol. The first-order chi connectivity index (χ1) is 7.77. The lowest BCUT2D eigenvalue weighted by atomic mass is 10.1. The van der Waals surface area contributed by atoms with E-state index in [1.165, 1.54) is 23.2 Å². The van der Waals surface area contributed by atoms with Crippen LogP contribution in [0, 0.1) is 0 Å². The van der Waals surface area contributed by atoms with Crippen molar-refractivity contribution in [2.75, 3.05) is 18.2 Å². The summed E-state index contributed by atoms with van der Waals surface area (Å²) in [6.45, 7) is 5.99. The Balaban J connectivity index is 0.000000292. The standard InChI is InChI=1S/C10H12N2O.C3H8/c11-12-5-3-7-1-2-9-8(10(7)12)4-6-13-9;1-3-2/h1-2H,3-6,11H2;3H2,1-2H3. The molecule has 2 N–H and O–H groups in total. The van der Waals surface area contributed by atoms with Crippen molar-refractivity contribution in [2.24, 2.45) is 5.84 Å². The molecule has 3 rings (SSSR count). The van der Waals surface area contributed by atoms with Gasteiger partial charge in [0.1, 0.15) is 5.75 Å². The van der Waals surface area contributed by atoms with Gasteiger partial charge in [-0.3, -0.25) is 0 Å². The summed E-state index contributed by atoms with van der Waals surface area (Å²) >= 11 is 0. The minimum atomic E-state index is 0.805. The third-order valence-electron chi connectivity index (χ3n) is 2.84. The van der Waals surface area contributed by atoms with Crippen LogP contribution in [0.2, 0.25) is 0 Å². The molecule has 3 heteroatoms. The molecule has 2 heterocycles. The molecular weight excluding hydrogens is 200 g/mol. The van der Waals surface area contributed by atoms with Crippen LogP contribution >= 0.6 is 0 Å². The quantitative estimate of drug-likeness (QED) is 0.682. The van der Waals surface area contributed by atoms with Crippen LogP contribution in [-0.2, 0) is 12.8 Å². The van der Waals surface area contributed by atoms with Gasteiger partial charge in [0.05, 0.1) is 12.3 Å². The highest BCUT2D eigenvalue weighted by Crippen LogP contribution is 2.38. The highest BCUT2D eigenvalue weighted by Gasteiger charge is 2.25. The number of hydrogen-bond donors (Lipinski definition) is 1. The SMILES string of the molecule is CCC.NN1CCc2ccc3c(c21)CCO3. The van der Waals surface area contributed by atoms with E-state index < -0.39 is 0 Å². The Hall–Kier alpha value is -1.22. The zero-order valence-corrected chi connectivity index (χ0v) is 10.1. The zero-order chi connectivity index (χ0) is 11.5. The first kappa shape index (κ1) is 11.3. The number of nitrogens with zero attached hydrogens (tertiary/aromatic N) is 1. The Labute approximate surface area is 97.2 Å². The molecule has 0 aromatic heterocycles. The summed E-state index contributed by atoms with van der Waals surface area (Å²) in [5, 5.41) is 1.85. The molecule has 0 unspecified atom stereocenters. The summed E-state index contributed by atoms with van der Waals surface area (Å²) in [5.41, 5.74) is 3.89. The number of nitrogens with two attached hydrogens (primary N) is 1. The summed E-state index contributed by atoms with van der Waals surface area (Å²) in [5.74, 6) is 6.92. The van der Waals surface area contributed by atoms with E-state index in [2.05, 4.69) is 26.0 Å². The number of anilines is 1. The topological polar surface area (TPSA) is 38.5 Å². The van der Waals surface area contributed by atoms with E-state index in [1.54, 1.807) is 0 Å². The van der Waals surface area contributed by atoms with Crippen molar-refractivity contribution in [3.8, 4) is 5.75 Å². The number of fused-ring (bicyclic) bond motifs is 3. The van der Waals surface area contributed by atoms with Gasteiger partial charge in [0.25, 0.3) is 0 Å². The highest BCUT2D eigenvalue weighted by atomic mass is 16.5. The Morgan fingerprint density at radius 3 is 2.81 bits per heavy atom. The summed E-state index contributed by atoms with van der Waals surface area (Å²) in [6.07, 6.45) is 3.32. The number of hydrogen-bond acceptors (Lipinski definition) is 3. The molecule has 0 saturated carbocycles. The normalized spacial score (nSPS) is 16.1. The van der Waals surface area contributed by atoms with E-state index in [4.69, 9.17) is 10.6 Å². The number of ether oxygens (including phenoxy) is 1. The van der Waals surface area contributed by atoms with Gasteiger partial charge in [-0.2, -0.15) is 0 Å². The molecule has 0 radical (unpaired) electrons. The minimum Gasteiger partial charge on any atom is -0.493 e. The van der Waals surface area contributed by atoms with Gasteiger partial charge in [-0.15, -0.1) is 0 Å². The molecule has 0 aliphatic carbocycles. The van der Waals surface area contributed by atoms with Gasteiger partial charge in [-0.25, -0.2) is 5.84 Å².